The van der Waals surface area contributed by atoms with Gasteiger partial charge in [-0.3, -0.25) is 9.59 Å². The van der Waals surface area contributed by atoms with Crippen LogP contribution in [0.25, 0.3) is 0 Å². The van der Waals surface area contributed by atoms with E-state index in [4.69, 9.17) is 14.2 Å². The molecular weight excluding hydrogens is 1040 g/mol. The van der Waals surface area contributed by atoms with Crippen LogP contribution in [-0.4, -0.2) is 99.6 Å². The van der Waals surface area contributed by atoms with Gasteiger partial charge in [0, 0.05) is 6.42 Å². The lowest BCUT2D eigenvalue weighted by Crippen LogP contribution is -2.61. The van der Waals surface area contributed by atoms with Crippen LogP contribution in [0.1, 0.15) is 297 Å². The van der Waals surface area contributed by atoms with Gasteiger partial charge in [0.05, 0.1) is 25.4 Å². The lowest BCUT2D eigenvalue weighted by Gasteiger charge is -2.41. The summed E-state index contributed by atoms with van der Waals surface area (Å²) in [4.78, 5) is 26.6. The molecular formula is C72H127NO10. The van der Waals surface area contributed by atoms with Crippen molar-refractivity contribution in [2.24, 2.45) is 0 Å². The zero-order chi connectivity index (χ0) is 60.3. The second-order valence-electron chi connectivity index (χ2n) is 23.5. The molecule has 480 valence electrons. The molecule has 1 fully saturated rings. The number of hydrogen-bond acceptors (Lipinski definition) is 10. The highest BCUT2D eigenvalue weighted by molar-refractivity contribution is 5.80. The number of hydrogen-bond donors (Lipinski definition) is 6. The molecule has 1 heterocycles. The van der Waals surface area contributed by atoms with Crippen LogP contribution >= 0.6 is 0 Å². The van der Waals surface area contributed by atoms with Gasteiger partial charge >= 0.3 is 5.97 Å². The SMILES string of the molecule is CC/C=C\C/C=C\C/C=C\C/C=C\C/C=C\CCCCCC(=O)OC1C(OCC(NC(=O)C(O)CCCCCCCCCCCCCC/C=C/CCCCCCCC)C(O)/C=C/CCCCCCCCCCCCC)OC(CO)C(O)C1O. The minimum absolute atomic E-state index is 0.0818. The molecule has 0 aliphatic carbocycles. The van der Waals surface area contributed by atoms with Crippen molar-refractivity contribution in [3.8, 4) is 0 Å². The molecule has 1 saturated heterocycles. The first-order valence-corrected chi connectivity index (χ1v) is 34.4. The molecule has 8 atom stereocenters. The molecule has 83 heavy (non-hydrogen) atoms. The van der Waals surface area contributed by atoms with E-state index in [1.165, 1.54) is 161 Å². The van der Waals surface area contributed by atoms with Gasteiger partial charge in [0.2, 0.25) is 5.91 Å². The summed E-state index contributed by atoms with van der Waals surface area (Å²) in [5.41, 5.74) is 0. The number of nitrogens with one attached hydrogen (secondary N) is 1. The van der Waals surface area contributed by atoms with E-state index in [1.54, 1.807) is 6.08 Å². The summed E-state index contributed by atoms with van der Waals surface area (Å²) in [6.07, 6.45) is 67.6. The number of esters is 1. The van der Waals surface area contributed by atoms with Crippen molar-refractivity contribution in [2.45, 2.75) is 346 Å². The van der Waals surface area contributed by atoms with Gasteiger partial charge in [-0.2, -0.15) is 0 Å². The lowest BCUT2D eigenvalue weighted by molar-refractivity contribution is -0.305. The maximum absolute atomic E-state index is 13.5. The Bertz CT molecular complexity index is 1670. The molecule has 11 nitrogen and oxygen atoms in total. The number of unbranched alkanes of at least 4 members (excludes halogenated alkanes) is 32. The molecule has 1 amide bonds. The van der Waals surface area contributed by atoms with Gasteiger partial charge < -0.3 is 45.1 Å². The highest BCUT2D eigenvalue weighted by Crippen LogP contribution is 2.26. The maximum Gasteiger partial charge on any atom is 0.306 e. The molecule has 0 saturated carbocycles. The van der Waals surface area contributed by atoms with Crippen molar-refractivity contribution in [3.05, 3.63) is 85.1 Å². The highest BCUT2D eigenvalue weighted by Gasteiger charge is 2.47. The third-order valence-electron chi connectivity index (χ3n) is 15.8. The van der Waals surface area contributed by atoms with Crippen molar-refractivity contribution >= 4 is 11.9 Å². The van der Waals surface area contributed by atoms with Crippen LogP contribution in [0, 0.1) is 0 Å². The van der Waals surface area contributed by atoms with Gasteiger partial charge in [-0.25, -0.2) is 0 Å². The largest absolute Gasteiger partial charge is 0.454 e. The fraction of sp³-hybridized carbons (Fsp3) is 0.778. The molecule has 1 rings (SSSR count). The number of ether oxygens (including phenoxy) is 3. The summed E-state index contributed by atoms with van der Waals surface area (Å²) in [5.74, 6) is -1.23. The first-order chi connectivity index (χ1) is 40.7. The number of allylic oxidation sites excluding steroid dienone is 13. The molecule has 1 aliphatic rings. The average molecular weight is 1170 g/mol. The van der Waals surface area contributed by atoms with Crippen LogP contribution in [0.4, 0.5) is 0 Å². The molecule has 0 spiro atoms. The summed E-state index contributed by atoms with van der Waals surface area (Å²) in [7, 11) is 0. The summed E-state index contributed by atoms with van der Waals surface area (Å²) < 4.78 is 17.6. The second-order valence-corrected chi connectivity index (χ2v) is 23.5. The quantitative estimate of drug-likeness (QED) is 0.0195. The number of carbonyl (C=O) groups excluding carboxylic acids is 2. The van der Waals surface area contributed by atoms with Crippen molar-refractivity contribution in [1.29, 1.82) is 0 Å². The fourth-order valence-electron chi connectivity index (χ4n) is 10.4. The normalized spacial score (nSPS) is 19.1. The van der Waals surface area contributed by atoms with E-state index < -0.39 is 67.4 Å². The molecule has 0 bridgehead atoms. The summed E-state index contributed by atoms with van der Waals surface area (Å²) in [6, 6.07) is -1.04. The zero-order valence-corrected chi connectivity index (χ0v) is 53.3. The molecule has 11 heteroatoms. The molecule has 6 N–H and O–H groups in total. The monoisotopic (exact) mass is 1170 g/mol. The number of carbonyl (C=O) groups is 2. The second kappa shape index (κ2) is 59.2. The standard InChI is InChI=1S/C72H127NO10/c1-4-7-10-13-16-19-22-25-27-29-31-32-33-35-36-38-41-44-47-50-53-56-59-65(76)71(80)73-63(64(75)58-55-52-49-46-43-40-24-21-18-15-12-9-6-3)62-81-72-70(69(79)68(78)66(61-74)82-72)83-67(77)60-57-54-51-48-45-42-39-37-34-30-28-26-23-20-17-14-11-8-5-2/h8,11,17,20,25-28,34,37,42,45,55,58,63-66,68-70,72,74-76,78-79H,4-7,9-10,12-16,18-19,21-24,29-33,35-36,38-41,43-44,46-54,56-57,59-62H2,1-3H3,(H,73,80)/b11-8-,20-17-,27-25+,28-26-,37-34-,45-42-,58-55+. The van der Waals surface area contributed by atoms with Crippen LogP contribution in [0.5, 0.6) is 0 Å². The van der Waals surface area contributed by atoms with E-state index in [-0.39, 0.29) is 19.4 Å². The Kier molecular flexibility index (Phi) is 55.5. The van der Waals surface area contributed by atoms with E-state index >= 15 is 0 Å². The zero-order valence-electron chi connectivity index (χ0n) is 53.3. The van der Waals surface area contributed by atoms with Crippen LogP contribution in [0.3, 0.4) is 0 Å². The molecule has 0 radical (unpaired) electrons. The van der Waals surface area contributed by atoms with Gasteiger partial charge in [-0.1, -0.05) is 279 Å². The van der Waals surface area contributed by atoms with E-state index in [2.05, 4.69) is 99.0 Å². The number of aliphatic hydroxyl groups excluding tert-OH is 5. The maximum atomic E-state index is 13.5. The van der Waals surface area contributed by atoms with Crippen molar-refractivity contribution in [1.82, 2.24) is 5.32 Å². The van der Waals surface area contributed by atoms with Crippen LogP contribution < -0.4 is 5.32 Å². The van der Waals surface area contributed by atoms with Crippen molar-refractivity contribution in [3.63, 3.8) is 0 Å². The van der Waals surface area contributed by atoms with E-state index in [9.17, 15) is 35.1 Å². The lowest BCUT2D eigenvalue weighted by atomic mass is 9.99. The van der Waals surface area contributed by atoms with Crippen LogP contribution in [0.15, 0.2) is 85.1 Å². The Morgan fingerprint density at radius 1 is 0.482 bits per heavy atom. The third-order valence-corrected chi connectivity index (χ3v) is 15.8. The van der Waals surface area contributed by atoms with Crippen LogP contribution in [-0.2, 0) is 23.8 Å². The van der Waals surface area contributed by atoms with Gasteiger partial charge in [-0.05, 0) is 96.3 Å². The number of aliphatic hydroxyl groups is 5. The number of rotatable bonds is 58. The third kappa shape index (κ3) is 46.7. The van der Waals surface area contributed by atoms with E-state index in [1.807, 2.05) is 6.08 Å². The van der Waals surface area contributed by atoms with Gasteiger partial charge in [-0.15, -0.1) is 0 Å². The molecule has 0 aromatic rings. The highest BCUT2D eigenvalue weighted by atomic mass is 16.7. The summed E-state index contributed by atoms with van der Waals surface area (Å²) >= 11 is 0. The average Bonchev–Trinajstić information content (AvgIpc) is 3.58. The topological polar surface area (TPSA) is 175 Å². The predicted molar refractivity (Wildman–Crippen MR) is 347 cm³/mol. The Morgan fingerprint density at radius 2 is 0.867 bits per heavy atom. The van der Waals surface area contributed by atoms with Crippen molar-refractivity contribution < 1.29 is 49.3 Å². The fourth-order valence-corrected chi connectivity index (χ4v) is 10.4. The van der Waals surface area contributed by atoms with Crippen LogP contribution in [0.2, 0.25) is 0 Å². The van der Waals surface area contributed by atoms with Gasteiger partial charge in [0.1, 0.15) is 24.4 Å². The molecule has 8 unspecified atom stereocenters. The molecule has 1 aliphatic heterocycles. The first kappa shape index (κ1) is 77.9. The summed E-state index contributed by atoms with van der Waals surface area (Å²) in [5, 5.41) is 57.2. The molecule has 0 aromatic carbocycles. The molecule has 0 aromatic heterocycles. The smallest absolute Gasteiger partial charge is 0.306 e. The number of amides is 1. The first-order valence-electron chi connectivity index (χ1n) is 34.4. The summed E-state index contributed by atoms with van der Waals surface area (Å²) in [6.45, 7) is 5.68. The Morgan fingerprint density at radius 3 is 1.31 bits per heavy atom. The van der Waals surface area contributed by atoms with E-state index in [0.717, 1.165) is 89.9 Å². The predicted octanol–water partition coefficient (Wildman–Crippen LogP) is 17.3. The Balaban J connectivity index is 2.64. The van der Waals surface area contributed by atoms with Gasteiger partial charge in [0.25, 0.3) is 0 Å². The van der Waals surface area contributed by atoms with Gasteiger partial charge in [0.15, 0.2) is 12.4 Å². The minimum atomic E-state index is -1.63. The van der Waals surface area contributed by atoms with Crippen molar-refractivity contribution in [2.75, 3.05) is 13.2 Å². The Hall–Kier alpha value is -3.16. The Labute approximate surface area is 508 Å². The minimum Gasteiger partial charge on any atom is -0.454 e. The van der Waals surface area contributed by atoms with E-state index in [0.29, 0.717) is 12.8 Å².